The van der Waals surface area contributed by atoms with Crippen LogP contribution in [0.3, 0.4) is 0 Å². The van der Waals surface area contributed by atoms with Crippen LogP contribution in [0.2, 0.25) is 0 Å². The van der Waals surface area contributed by atoms with Gasteiger partial charge in [-0.05, 0) is 6.42 Å². The van der Waals surface area contributed by atoms with Gasteiger partial charge < -0.3 is 5.32 Å². The second kappa shape index (κ2) is 4.09. The molecule has 2 aliphatic heterocycles. The van der Waals surface area contributed by atoms with Crippen molar-refractivity contribution in [1.29, 1.82) is 5.26 Å². The summed E-state index contributed by atoms with van der Waals surface area (Å²) in [5.41, 5.74) is 4.22. The molecule has 0 bridgehead atoms. The molecule has 0 aromatic carbocycles. The van der Waals surface area contributed by atoms with Gasteiger partial charge in [0.25, 0.3) is 0 Å². The second-order valence-electron chi connectivity index (χ2n) is 6.70. The van der Waals surface area contributed by atoms with Crippen LogP contribution >= 0.6 is 0 Å². The summed E-state index contributed by atoms with van der Waals surface area (Å²) in [7, 11) is 0. The zero-order valence-corrected chi connectivity index (χ0v) is 12.2. The van der Waals surface area contributed by atoms with E-state index in [1.54, 1.807) is 0 Å². The van der Waals surface area contributed by atoms with Gasteiger partial charge in [-0.3, -0.25) is 4.99 Å². The molecule has 2 rings (SSSR count). The van der Waals surface area contributed by atoms with Gasteiger partial charge in [0.05, 0.1) is 11.3 Å². The van der Waals surface area contributed by atoms with E-state index in [9.17, 15) is 5.26 Å². The number of nitrogens with zero attached hydrogens (tertiary/aromatic N) is 2. The van der Waals surface area contributed by atoms with E-state index < -0.39 is 0 Å². The van der Waals surface area contributed by atoms with Gasteiger partial charge >= 0.3 is 0 Å². The van der Waals surface area contributed by atoms with Crippen LogP contribution in [0, 0.1) is 22.2 Å². The Labute approximate surface area is 115 Å². The van der Waals surface area contributed by atoms with Gasteiger partial charge in [-0.2, -0.15) is 5.26 Å². The molecule has 0 radical (unpaired) electrons. The molecule has 2 aliphatic rings. The SMILES string of the molecule is C=C1N=C(/C(C#N)=C2/CC(C)(C)C(=C)N2)CC1(C)C. The number of rotatable bonds is 1. The fourth-order valence-corrected chi connectivity index (χ4v) is 2.42. The largest absolute Gasteiger partial charge is 0.361 e. The van der Waals surface area contributed by atoms with Crippen LogP contribution in [0.5, 0.6) is 0 Å². The lowest BCUT2D eigenvalue weighted by atomic mass is 9.85. The van der Waals surface area contributed by atoms with E-state index in [4.69, 9.17) is 0 Å². The summed E-state index contributed by atoms with van der Waals surface area (Å²) >= 11 is 0. The van der Waals surface area contributed by atoms with E-state index in [0.717, 1.165) is 35.6 Å². The molecule has 0 unspecified atom stereocenters. The first-order valence-corrected chi connectivity index (χ1v) is 6.54. The molecule has 0 spiro atoms. The van der Waals surface area contributed by atoms with Crippen LogP contribution in [0.4, 0.5) is 0 Å². The van der Waals surface area contributed by atoms with Crippen molar-refractivity contribution in [3.8, 4) is 6.07 Å². The van der Waals surface area contributed by atoms with E-state index in [-0.39, 0.29) is 10.8 Å². The molecule has 1 saturated heterocycles. The van der Waals surface area contributed by atoms with Gasteiger partial charge in [-0.25, -0.2) is 0 Å². The summed E-state index contributed by atoms with van der Waals surface area (Å²) in [6.07, 6.45) is 1.58. The smallest absolute Gasteiger partial charge is 0.103 e. The molecule has 0 aromatic rings. The monoisotopic (exact) mass is 255 g/mol. The van der Waals surface area contributed by atoms with Gasteiger partial charge in [0, 0.05) is 34.3 Å². The van der Waals surface area contributed by atoms with Crippen LogP contribution in [-0.2, 0) is 0 Å². The maximum Gasteiger partial charge on any atom is 0.103 e. The maximum absolute atomic E-state index is 9.47. The molecular formula is C16H21N3. The first-order chi connectivity index (χ1) is 8.67. The first-order valence-electron chi connectivity index (χ1n) is 6.54. The van der Waals surface area contributed by atoms with Crippen LogP contribution in [0.1, 0.15) is 40.5 Å². The number of allylic oxidation sites excluding steroid dienone is 4. The third-order valence-corrected chi connectivity index (χ3v) is 4.10. The molecule has 0 aliphatic carbocycles. The Balaban J connectivity index is 2.40. The van der Waals surface area contributed by atoms with Gasteiger partial charge in [-0.1, -0.05) is 40.9 Å². The van der Waals surface area contributed by atoms with Crippen molar-refractivity contribution in [3.63, 3.8) is 0 Å². The predicted octanol–water partition coefficient (Wildman–Crippen LogP) is 3.68. The highest BCUT2D eigenvalue weighted by Crippen LogP contribution is 2.42. The van der Waals surface area contributed by atoms with Gasteiger partial charge in [0.2, 0.25) is 0 Å². The lowest BCUT2D eigenvalue weighted by Gasteiger charge is -2.16. The summed E-state index contributed by atoms with van der Waals surface area (Å²) in [6, 6.07) is 2.31. The molecule has 0 aromatic heterocycles. The number of hydrogen-bond acceptors (Lipinski definition) is 3. The summed E-state index contributed by atoms with van der Waals surface area (Å²) in [4.78, 5) is 4.50. The van der Waals surface area contributed by atoms with Crippen LogP contribution in [-0.4, -0.2) is 5.71 Å². The van der Waals surface area contributed by atoms with Crippen molar-refractivity contribution < 1.29 is 0 Å². The normalized spacial score (nSPS) is 26.8. The van der Waals surface area contributed by atoms with Crippen LogP contribution < -0.4 is 5.32 Å². The predicted molar refractivity (Wildman–Crippen MR) is 78.3 cm³/mol. The average molecular weight is 255 g/mol. The van der Waals surface area contributed by atoms with Crippen molar-refractivity contribution in [1.82, 2.24) is 5.32 Å². The second-order valence-corrected chi connectivity index (χ2v) is 6.70. The van der Waals surface area contributed by atoms with Crippen molar-refractivity contribution in [2.45, 2.75) is 40.5 Å². The van der Waals surface area contributed by atoms with Crippen molar-refractivity contribution >= 4 is 5.71 Å². The van der Waals surface area contributed by atoms with Gasteiger partial charge in [0.15, 0.2) is 0 Å². The quantitative estimate of drug-likeness (QED) is 0.726. The Kier molecular flexibility index (Phi) is 2.93. The lowest BCUT2D eigenvalue weighted by molar-refractivity contribution is 0.479. The highest BCUT2D eigenvalue weighted by molar-refractivity contribution is 6.06. The molecule has 3 heteroatoms. The third-order valence-electron chi connectivity index (χ3n) is 4.10. The highest BCUT2D eigenvalue weighted by Gasteiger charge is 2.36. The van der Waals surface area contributed by atoms with Crippen LogP contribution in [0.25, 0.3) is 0 Å². The van der Waals surface area contributed by atoms with E-state index in [1.807, 2.05) is 0 Å². The Morgan fingerprint density at radius 1 is 1.21 bits per heavy atom. The number of nitriles is 1. The minimum atomic E-state index is -0.0525. The highest BCUT2D eigenvalue weighted by atomic mass is 15.0. The summed E-state index contributed by atoms with van der Waals surface area (Å²) in [5, 5.41) is 12.7. The Morgan fingerprint density at radius 3 is 2.21 bits per heavy atom. The number of aliphatic imine (C=N–C) groups is 1. The van der Waals surface area contributed by atoms with E-state index in [2.05, 4.69) is 57.2 Å². The van der Waals surface area contributed by atoms with E-state index in [1.165, 1.54) is 0 Å². The average Bonchev–Trinajstić information content (AvgIpc) is 2.67. The first kappa shape index (κ1) is 13.6. The summed E-state index contributed by atoms with van der Waals surface area (Å²) in [6.45, 7) is 16.5. The minimum absolute atomic E-state index is 0.0108. The minimum Gasteiger partial charge on any atom is -0.361 e. The number of nitrogens with one attached hydrogen (secondary N) is 1. The van der Waals surface area contributed by atoms with Crippen molar-refractivity contribution in [2.75, 3.05) is 0 Å². The van der Waals surface area contributed by atoms with Crippen LogP contribution in [0.15, 0.2) is 40.8 Å². The molecule has 1 N–H and O–H groups in total. The maximum atomic E-state index is 9.47. The summed E-state index contributed by atoms with van der Waals surface area (Å²) < 4.78 is 0. The molecule has 1 fully saturated rings. The Bertz CT molecular complexity index is 565. The molecule has 2 heterocycles. The van der Waals surface area contributed by atoms with Gasteiger partial charge in [-0.15, -0.1) is 0 Å². The molecule has 19 heavy (non-hydrogen) atoms. The fraction of sp³-hybridized carbons (Fsp3) is 0.500. The fourth-order valence-electron chi connectivity index (χ4n) is 2.42. The molecule has 0 saturated carbocycles. The number of hydrogen-bond donors (Lipinski definition) is 1. The zero-order valence-electron chi connectivity index (χ0n) is 12.2. The molecule has 0 amide bonds. The molecule has 0 atom stereocenters. The van der Waals surface area contributed by atoms with Crippen molar-refractivity contribution in [3.05, 3.63) is 35.8 Å². The topological polar surface area (TPSA) is 48.2 Å². The third kappa shape index (κ3) is 2.23. The lowest BCUT2D eigenvalue weighted by Crippen LogP contribution is -2.14. The molecular weight excluding hydrogens is 234 g/mol. The molecule has 100 valence electrons. The molecule has 3 nitrogen and oxygen atoms in total. The Morgan fingerprint density at radius 2 is 1.84 bits per heavy atom. The van der Waals surface area contributed by atoms with E-state index >= 15 is 0 Å². The summed E-state index contributed by atoms with van der Waals surface area (Å²) in [5.74, 6) is 0. The van der Waals surface area contributed by atoms with Crippen molar-refractivity contribution in [2.24, 2.45) is 15.8 Å². The Hall–Kier alpha value is -1.82. The van der Waals surface area contributed by atoms with E-state index in [0.29, 0.717) is 5.57 Å². The van der Waals surface area contributed by atoms with Gasteiger partial charge in [0.1, 0.15) is 6.07 Å². The zero-order chi connectivity index (χ0) is 14.4. The standard InChI is InChI=1S/C16H21N3/c1-10-15(3,4)7-13(18-10)12(9-17)14-8-16(5,6)11(2)19-14/h18H,1-2,7-8H2,3-6H3/b13-12-.